The van der Waals surface area contributed by atoms with E-state index in [4.69, 9.17) is 5.14 Å². The van der Waals surface area contributed by atoms with Crippen molar-refractivity contribution in [3.8, 4) is 0 Å². The first-order chi connectivity index (χ1) is 6.54. The quantitative estimate of drug-likeness (QED) is 0.755. The molecule has 78 valence electrons. The Morgan fingerprint density at radius 2 is 2.43 bits per heavy atom. The minimum atomic E-state index is -3.40. The normalized spacial score (nSPS) is 15.8. The van der Waals surface area contributed by atoms with Crippen LogP contribution in [0, 0.1) is 0 Å². The van der Waals surface area contributed by atoms with Crippen molar-refractivity contribution in [1.29, 1.82) is 0 Å². The van der Waals surface area contributed by atoms with Gasteiger partial charge in [0, 0.05) is 19.2 Å². The van der Waals surface area contributed by atoms with Gasteiger partial charge >= 0.3 is 0 Å². The molecule has 5 nitrogen and oxygen atoms in total. The first-order valence-corrected chi connectivity index (χ1v) is 6.94. The molecule has 0 aliphatic carbocycles. The molecule has 0 aromatic carbocycles. The van der Waals surface area contributed by atoms with Crippen LogP contribution in [-0.2, 0) is 23.0 Å². The maximum absolute atomic E-state index is 10.7. The molecule has 0 bridgehead atoms. The molecule has 14 heavy (non-hydrogen) atoms. The number of primary sulfonamides is 1. The van der Waals surface area contributed by atoms with Crippen LogP contribution < -0.4 is 5.14 Å². The minimum Gasteiger partial charge on any atom is -0.334 e. The van der Waals surface area contributed by atoms with Gasteiger partial charge in [-0.2, -0.15) is 0 Å². The van der Waals surface area contributed by atoms with Gasteiger partial charge in [0.25, 0.3) is 0 Å². The van der Waals surface area contributed by atoms with Crippen molar-refractivity contribution in [1.82, 2.24) is 9.55 Å². The standard InChI is InChI=1S/C7H11N3O2S2/c8-14(11,12)5-13-7-4-10-3-1-2-6(10)9-7/h4H,1-3,5H2,(H2,8,11,12). The van der Waals surface area contributed by atoms with E-state index >= 15 is 0 Å². The Hall–Kier alpha value is -0.530. The molecule has 0 saturated carbocycles. The molecule has 1 aliphatic heterocycles. The topological polar surface area (TPSA) is 78.0 Å². The zero-order chi connectivity index (χ0) is 10.2. The number of hydrogen-bond acceptors (Lipinski definition) is 4. The highest BCUT2D eigenvalue weighted by Crippen LogP contribution is 2.22. The third-order valence-electron chi connectivity index (χ3n) is 2.01. The summed E-state index contributed by atoms with van der Waals surface area (Å²) in [6.45, 7) is 0.984. The fourth-order valence-corrected chi connectivity index (χ4v) is 2.95. The molecule has 1 aromatic rings. The molecular weight excluding hydrogens is 222 g/mol. The van der Waals surface area contributed by atoms with Crippen molar-refractivity contribution in [2.75, 3.05) is 5.08 Å². The van der Waals surface area contributed by atoms with Crippen LogP contribution in [0.2, 0.25) is 0 Å². The molecule has 1 aromatic heterocycles. The number of nitrogens with two attached hydrogens (primary N) is 1. The molecule has 0 spiro atoms. The summed E-state index contributed by atoms with van der Waals surface area (Å²) in [5.41, 5.74) is 0. The second kappa shape index (κ2) is 3.56. The second-order valence-electron chi connectivity index (χ2n) is 3.22. The van der Waals surface area contributed by atoms with Crippen molar-refractivity contribution in [3.63, 3.8) is 0 Å². The Morgan fingerprint density at radius 3 is 3.07 bits per heavy atom. The van der Waals surface area contributed by atoms with Crippen LogP contribution in [0.4, 0.5) is 0 Å². The lowest BCUT2D eigenvalue weighted by molar-refractivity contribution is 0.602. The van der Waals surface area contributed by atoms with Gasteiger partial charge < -0.3 is 4.57 Å². The van der Waals surface area contributed by atoms with E-state index in [1.807, 2.05) is 6.20 Å². The van der Waals surface area contributed by atoms with Crippen molar-refractivity contribution in [2.24, 2.45) is 5.14 Å². The van der Waals surface area contributed by atoms with Crippen molar-refractivity contribution in [2.45, 2.75) is 24.4 Å². The number of imidazole rings is 1. The van der Waals surface area contributed by atoms with E-state index in [2.05, 4.69) is 9.55 Å². The van der Waals surface area contributed by atoms with Gasteiger partial charge in [-0.3, -0.25) is 0 Å². The van der Waals surface area contributed by atoms with Crippen LogP contribution in [0.25, 0.3) is 0 Å². The Morgan fingerprint density at radius 1 is 1.64 bits per heavy atom. The van der Waals surface area contributed by atoms with Crippen LogP contribution in [-0.4, -0.2) is 23.1 Å². The highest BCUT2D eigenvalue weighted by atomic mass is 32.3. The summed E-state index contributed by atoms with van der Waals surface area (Å²) < 4.78 is 23.5. The fraction of sp³-hybridized carbons (Fsp3) is 0.571. The minimum absolute atomic E-state index is 0.108. The molecule has 2 heterocycles. The van der Waals surface area contributed by atoms with Crippen LogP contribution >= 0.6 is 11.8 Å². The summed E-state index contributed by atoms with van der Waals surface area (Å²) >= 11 is 1.17. The smallest absolute Gasteiger partial charge is 0.218 e. The van der Waals surface area contributed by atoms with Gasteiger partial charge in [-0.1, -0.05) is 11.8 Å². The number of nitrogens with zero attached hydrogens (tertiary/aromatic N) is 2. The Balaban J connectivity index is 2.05. The van der Waals surface area contributed by atoms with Gasteiger partial charge in [0.2, 0.25) is 10.0 Å². The highest BCUT2D eigenvalue weighted by molar-refractivity contribution is 8.11. The molecule has 2 rings (SSSR count). The predicted octanol–water partition coefficient (Wildman–Crippen LogP) is 0.167. The number of aromatic nitrogens is 2. The van der Waals surface area contributed by atoms with Crippen LogP contribution in [0.5, 0.6) is 0 Å². The summed E-state index contributed by atoms with van der Waals surface area (Å²) in [6, 6.07) is 0. The molecule has 0 unspecified atom stereocenters. The van der Waals surface area contributed by atoms with Crippen LogP contribution in [0.3, 0.4) is 0 Å². The third kappa shape index (κ3) is 2.28. The van der Waals surface area contributed by atoms with Crippen molar-refractivity contribution in [3.05, 3.63) is 12.0 Å². The Labute approximate surface area is 86.7 Å². The van der Waals surface area contributed by atoms with Gasteiger partial charge in [-0.05, 0) is 6.42 Å². The molecule has 0 fully saturated rings. The number of hydrogen-bond donors (Lipinski definition) is 1. The van der Waals surface area contributed by atoms with Gasteiger partial charge in [-0.15, -0.1) is 0 Å². The lowest BCUT2D eigenvalue weighted by atomic mass is 10.4. The number of aryl methyl sites for hydroxylation is 2. The van der Waals surface area contributed by atoms with E-state index in [1.165, 1.54) is 11.8 Å². The number of thioether (sulfide) groups is 1. The van der Waals surface area contributed by atoms with Crippen molar-refractivity contribution >= 4 is 21.8 Å². The fourth-order valence-electron chi connectivity index (χ4n) is 1.44. The van der Waals surface area contributed by atoms with E-state index in [9.17, 15) is 8.42 Å². The van der Waals surface area contributed by atoms with E-state index in [0.29, 0.717) is 0 Å². The number of sulfonamides is 1. The van der Waals surface area contributed by atoms with Gasteiger partial charge in [0.15, 0.2) is 0 Å². The third-order valence-corrected chi connectivity index (χ3v) is 4.29. The molecule has 2 N–H and O–H groups in total. The maximum atomic E-state index is 10.7. The van der Waals surface area contributed by atoms with E-state index < -0.39 is 10.0 Å². The molecule has 0 amide bonds. The first kappa shape index (κ1) is 10.0. The zero-order valence-electron chi connectivity index (χ0n) is 7.51. The Bertz CT molecular complexity index is 416. The lowest BCUT2D eigenvalue weighted by Crippen LogP contribution is -2.13. The summed E-state index contributed by atoms with van der Waals surface area (Å²) in [4.78, 5) is 4.30. The molecule has 0 saturated heterocycles. The first-order valence-electron chi connectivity index (χ1n) is 4.24. The molecule has 0 radical (unpaired) electrons. The van der Waals surface area contributed by atoms with E-state index in [1.54, 1.807) is 0 Å². The average molecular weight is 233 g/mol. The average Bonchev–Trinajstić information content (AvgIpc) is 2.56. The zero-order valence-corrected chi connectivity index (χ0v) is 9.14. The molecular formula is C7H11N3O2S2. The molecule has 7 heteroatoms. The van der Waals surface area contributed by atoms with E-state index in [-0.39, 0.29) is 5.08 Å². The summed E-state index contributed by atoms with van der Waals surface area (Å²) in [5, 5.41) is 5.53. The summed E-state index contributed by atoms with van der Waals surface area (Å²) in [6.07, 6.45) is 4.00. The summed E-state index contributed by atoms with van der Waals surface area (Å²) in [5.74, 6) is 1.04. The van der Waals surface area contributed by atoms with Gasteiger partial charge in [0.05, 0.1) is 0 Å². The van der Waals surface area contributed by atoms with Crippen molar-refractivity contribution < 1.29 is 8.42 Å². The predicted molar refractivity (Wildman–Crippen MR) is 54.4 cm³/mol. The summed E-state index contributed by atoms with van der Waals surface area (Å²) in [7, 11) is -3.40. The largest absolute Gasteiger partial charge is 0.334 e. The lowest BCUT2D eigenvalue weighted by Gasteiger charge is -1.94. The van der Waals surface area contributed by atoms with Gasteiger partial charge in [-0.25, -0.2) is 18.5 Å². The Kier molecular flexibility index (Phi) is 2.54. The number of fused-ring (bicyclic) bond motifs is 1. The number of rotatable bonds is 3. The van der Waals surface area contributed by atoms with Crippen LogP contribution in [0.1, 0.15) is 12.2 Å². The maximum Gasteiger partial charge on any atom is 0.218 e. The second-order valence-corrected chi connectivity index (χ2v) is 6.19. The highest BCUT2D eigenvalue weighted by Gasteiger charge is 2.14. The van der Waals surface area contributed by atoms with E-state index in [0.717, 1.165) is 30.2 Å². The monoisotopic (exact) mass is 233 g/mol. The SMILES string of the molecule is NS(=O)(=O)CSc1cn2c(n1)CCC2. The van der Waals surface area contributed by atoms with Crippen LogP contribution in [0.15, 0.2) is 11.2 Å². The molecule has 1 aliphatic rings. The molecule has 0 atom stereocenters. The van der Waals surface area contributed by atoms with Gasteiger partial charge in [0.1, 0.15) is 15.9 Å².